The molecule has 0 saturated carbocycles. The van der Waals surface area contributed by atoms with Gasteiger partial charge >= 0.3 is 0 Å². The van der Waals surface area contributed by atoms with Crippen LogP contribution in [0.25, 0.3) is 22.6 Å². The van der Waals surface area contributed by atoms with Crippen molar-refractivity contribution in [1.82, 2.24) is 25.1 Å². The van der Waals surface area contributed by atoms with Crippen LogP contribution in [0.1, 0.15) is 22.8 Å². The van der Waals surface area contributed by atoms with Gasteiger partial charge in [0.15, 0.2) is 17.4 Å². The number of fused-ring (bicyclic) bond motifs is 1. The molecule has 2 aromatic carbocycles. The fourth-order valence-electron chi connectivity index (χ4n) is 3.99. The number of hydrazone groups is 1. The molecular formula is C27H20F2N6O2. The second-order valence-electron chi connectivity index (χ2n) is 8.43. The molecule has 0 bridgehead atoms. The number of H-pyrrole nitrogens is 1. The van der Waals surface area contributed by atoms with E-state index < -0.39 is 11.6 Å². The quantitative estimate of drug-likeness (QED) is 0.326. The minimum atomic E-state index is -0.940. The Morgan fingerprint density at radius 2 is 1.92 bits per heavy atom. The molecule has 0 spiro atoms. The zero-order valence-corrected chi connectivity index (χ0v) is 19.4. The Bertz CT molecular complexity index is 1560. The van der Waals surface area contributed by atoms with Crippen LogP contribution in [0.3, 0.4) is 0 Å². The van der Waals surface area contributed by atoms with E-state index in [1.165, 1.54) is 12.1 Å². The Hall–Kier alpha value is -4.86. The lowest BCUT2D eigenvalue weighted by Gasteiger charge is -2.19. The number of pyridine rings is 1. The van der Waals surface area contributed by atoms with Gasteiger partial charge in [0.2, 0.25) is 0 Å². The molecule has 8 nitrogen and oxygen atoms in total. The number of imidazole rings is 1. The number of hydrogen-bond acceptors (Lipinski definition) is 7. The maximum Gasteiger partial charge on any atom is 0.169 e. The minimum Gasteiger partial charge on any atom is -0.487 e. The number of nitrogens with one attached hydrogen (secondary N) is 1. The van der Waals surface area contributed by atoms with Crippen LogP contribution in [0, 0.1) is 11.6 Å². The van der Waals surface area contributed by atoms with Gasteiger partial charge in [-0.15, -0.1) is 0 Å². The van der Waals surface area contributed by atoms with Crippen molar-refractivity contribution in [2.75, 3.05) is 0 Å². The van der Waals surface area contributed by atoms with E-state index in [4.69, 9.17) is 9.26 Å². The summed E-state index contributed by atoms with van der Waals surface area (Å²) in [5.41, 5.74) is 3.83. The Kier molecular flexibility index (Phi) is 5.89. The number of aromatic nitrogens is 4. The van der Waals surface area contributed by atoms with Crippen molar-refractivity contribution in [2.45, 2.75) is 19.7 Å². The molecule has 0 radical (unpaired) electrons. The molecule has 3 aromatic heterocycles. The number of hydrogen-bond donors (Lipinski definition) is 1. The Labute approximate surface area is 210 Å². The standard InChI is InChI=1S/C27H20F2N6O2/c28-22-6-3-5-21(26(22)29)27-32-24-13-31-35(15-25(24)33-27)14-20-12-23(34-37-20)17-7-9-19(10-8-17)36-16-18-4-1-2-11-30-18/h1-13H,14-16H2,(H,32,33). The third kappa shape index (κ3) is 4.81. The fraction of sp³-hybridized carbons (Fsp3) is 0.111. The Balaban J connectivity index is 1.09. The van der Waals surface area contributed by atoms with Gasteiger partial charge in [0.25, 0.3) is 0 Å². The number of rotatable bonds is 7. The third-order valence-electron chi connectivity index (χ3n) is 5.86. The first-order valence-corrected chi connectivity index (χ1v) is 11.5. The summed E-state index contributed by atoms with van der Waals surface area (Å²) in [6.45, 7) is 1.16. The van der Waals surface area contributed by atoms with Gasteiger partial charge in [0.05, 0.1) is 36.3 Å². The molecule has 0 fully saturated rings. The minimum absolute atomic E-state index is 0.0716. The molecule has 0 unspecified atom stereocenters. The lowest BCUT2D eigenvalue weighted by Crippen LogP contribution is -2.21. The smallest absolute Gasteiger partial charge is 0.169 e. The summed E-state index contributed by atoms with van der Waals surface area (Å²) in [4.78, 5) is 11.7. The van der Waals surface area contributed by atoms with Gasteiger partial charge in [-0.2, -0.15) is 5.10 Å². The zero-order chi connectivity index (χ0) is 25.2. The Morgan fingerprint density at radius 3 is 2.76 bits per heavy atom. The number of ether oxygens (including phenoxy) is 1. The summed E-state index contributed by atoms with van der Waals surface area (Å²) in [7, 11) is 0. The predicted molar refractivity (Wildman–Crippen MR) is 131 cm³/mol. The molecule has 37 heavy (non-hydrogen) atoms. The summed E-state index contributed by atoms with van der Waals surface area (Å²) in [6.07, 6.45) is 3.31. The second-order valence-corrected chi connectivity index (χ2v) is 8.43. The van der Waals surface area contributed by atoms with Gasteiger partial charge in [-0.25, -0.2) is 13.8 Å². The molecule has 184 valence electrons. The van der Waals surface area contributed by atoms with E-state index >= 15 is 0 Å². The van der Waals surface area contributed by atoms with E-state index in [2.05, 4.69) is 25.2 Å². The first kappa shape index (κ1) is 22.6. The number of nitrogens with zero attached hydrogens (tertiary/aromatic N) is 5. The molecule has 0 saturated heterocycles. The van der Waals surface area contributed by atoms with Gasteiger partial charge in [-0.1, -0.05) is 17.3 Å². The van der Waals surface area contributed by atoms with E-state index in [0.29, 0.717) is 36.8 Å². The molecule has 1 N–H and O–H groups in total. The fourth-order valence-corrected chi connectivity index (χ4v) is 3.99. The Morgan fingerprint density at radius 1 is 1.03 bits per heavy atom. The van der Waals surface area contributed by atoms with Crippen LogP contribution < -0.4 is 4.74 Å². The SMILES string of the molecule is Fc1cccc(-c2nc3c([nH]2)CN(Cc2cc(-c4ccc(OCc5ccccn5)cc4)no2)N=C3)c1F. The number of benzene rings is 2. The molecule has 10 heteroatoms. The summed E-state index contributed by atoms with van der Waals surface area (Å²) < 4.78 is 39.1. The van der Waals surface area contributed by atoms with E-state index in [0.717, 1.165) is 28.8 Å². The number of halogens is 2. The van der Waals surface area contributed by atoms with Crippen molar-refractivity contribution in [3.63, 3.8) is 0 Å². The highest BCUT2D eigenvalue weighted by Crippen LogP contribution is 2.27. The molecule has 0 aliphatic carbocycles. The van der Waals surface area contributed by atoms with Crippen molar-refractivity contribution in [1.29, 1.82) is 0 Å². The molecule has 0 atom stereocenters. The average Bonchev–Trinajstić information content (AvgIpc) is 3.57. The van der Waals surface area contributed by atoms with Gasteiger partial charge in [0.1, 0.15) is 29.6 Å². The van der Waals surface area contributed by atoms with Gasteiger partial charge in [0, 0.05) is 17.8 Å². The summed E-state index contributed by atoms with van der Waals surface area (Å²) in [5, 5.41) is 10.3. The van der Waals surface area contributed by atoms with Crippen molar-refractivity contribution in [3.05, 3.63) is 107 Å². The molecule has 1 aliphatic rings. The first-order valence-electron chi connectivity index (χ1n) is 11.5. The van der Waals surface area contributed by atoms with Gasteiger partial charge in [-0.05, 0) is 48.5 Å². The van der Waals surface area contributed by atoms with E-state index in [-0.39, 0.29) is 11.4 Å². The first-order chi connectivity index (χ1) is 18.1. The van der Waals surface area contributed by atoms with E-state index in [1.54, 1.807) is 17.4 Å². The van der Waals surface area contributed by atoms with Crippen molar-refractivity contribution < 1.29 is 18.0 Å². The van der Waals surface area contributed by atoms with Crippen LogP contribution in [0.15, 0.2) is 82.6 Å². The third-order valence-corrected chi connectivity index (χ3v) is 5.86. The molecule has 5 aromatic rings. The molecule has 0 amide bonds. The summed E-state index contributed by atoms with van der Waals surface area (Å²) in [6, 6.07) is 19.1. The normalized spacial score (nSPS) is 12.5. The van der Waals surface area contributed by atoms with E-state index in [9.17, 15) is 8.78 Å². The van der Waals surface area contributed by atoms with Crippen molar-refractivity contribution in [2.24, 2.45) is 5.10 Å². The van der Waals surface area contributed by atoms with Crippen LogP contribution in [0.5, 0.6) is 5.75 Å². The van der Waals surface area contributed by atoms with Crippen molar-refractivity contribution >= 4 is 6.21 Å². The molecule has 4 heterocycles. The lowest BCUT2D eigenvalue weighted by atomic mass is 10.1. The van der Waals surface area contributed by atoms with E-state index in [1.807, 2.05) is 48.5 Å². The molecular weight excluding hydrogens is 478 g/mol. The summed E-state index contributed by atoms with van der Waals surface area (Å²) in [5.74, 6) is -0.250. The van der Waals surface area contributed by atoms with Crippen LogP contribution >= 0.6 is 0 Å². The molecule has 1 aliphatic heterocycles. The van der Waals surface area contributed by atoms with Crippen LogP contribution in [0.2, 0.25) is 0 Å². The maximum atomic E-state index is 14.2. The average molecular weight is 498 g/mol. The number of aromatic amines is 1. The maximum absolute atomic E-state index is 14.2. The van der Waals surface area contributed by atoms with Crippen LogP contribution in [0.4, 0.5) is 8.78 Å². The van der Waals surface area contributed by atoms with Crippen LogP contribution in [-0.4, -0.2) is 31.3 Å². The zero-order valence-electron chi connectivity index (χ0n) is 19.4. The highest BCUT2D eigenvalue weighted by molar-refractivity contribution is 5.80. The monoisotopic (exact) mass is 498 g/mol. The van der Waals surface area contributed by atoms with Crippen molar-refractivity contribution in [3.8, 4) is 28.4 Å². The lowest BCUT2D eigenvalue weighted by molar-refractivity contribution is 0.229. The van der Waals surface area contributed by atoms with Crippen LogP contribution in [-0.2, 0) is 19.7 Å². The van der Waals surface area contributed by atoms with Gasteiger partial charge in [-0.3, -0.25) is 9.99 Å². The highest BCUT2D eigenvalue weighted by atomic mass is 19.2. The van der Waals surface area contributed by atoms with Gasteiger partial charge < -0.3 is 14.2 Å². The highest BCUT2D eigenvalue weighted by Gasteiger charge is 2.21. The summed E-state index contributed by atoms with van der Waals surface area (Å²) >= 11 is 0. The second kappa shape index (κ2) is 9.65. The predicted octanol–water partition coefficient (Wildman–Crippen LogP) is 5.33. The topological polar surface area (TPSA) is 92.4 Å². The molecule has 6 rings (SSSR count). The largest absolute Gasteiger partial charge is 0.487 e.